The van der Waals surface area contributed by atoms with E-state index in [1.165, 1.54) is 7.11 Å². The lowest BCUT2D eigenvalue weighted by molar-refractivity contribution is 0.213. The molecule has 0 spiro atoms. The molecule has 2 aromatic rings. The molecule has 2 rings (SSSR count). The number of hydrogen-bond acceptors (Lipinski definition) is 5. The van der Waals surface area contributed by atoms with Crippen LogP contribution in [0.15, 0.2) is 40.0 Å². The summed E-state index contributed by atoms with van der Waals surface area (Å²) in [7, 11) is 1.47. The summed E-state index contributed by atoms with van der Waals surface area (Å²) < 4.78 is 5.04. The lowest BCUT2D eigenvalue weighted by Crippen LogP contribution is -2.08. The number of oxime groups is 1. The number of aryl methyl sites for hydroxylation is 1. The molecular formula is C13H14N2O3. The van der Waals surface area contributed by atoms with Crippen molar-refractivity contribution in [3.63, 3.8) is 0 Å². The predicted octanol–water partition coefficient (Wildman–Crippen LogP) is 1.87. The Morgan fingerprint density at radius 1 is 1.44 bits per heavy atom. The Morgan fingerprint density at radius 2 is 2.22 bits per heavy atom. The van der Waals surface area contributed by atoms with Crippen LogP contribution < -0.4 is 0 Å². The minimum absolute atomic E-state index is 0.0737. The second kappa shape index (κ2) is 5.46. The second-order valence-corrected chi connectivity index (χ2v) is 3.76. The monoisotopic (exact) mass is 246 g/mol. The van der Waals surface area contributed by atoms with E-state index in [0.717, 1.165) is 11.1 Å². The minimum Gasteiger partial charge on any atom is -0.399 e. The van der Waals surface area contributed by atoms with Gasteiger partial charge in [-0.2, -0.15) is 0 Å². The van der Waals surface area contributed by atoms with Crippen molar-refractivity contribution < 1.29 is 14.5 Å². The summed E-state index contributed by atoms with van der Waals surface area (Å²) in [6.45, 7) is 1.73. The summed E-state index contributed by atoms with van der Waals surface area (Å²) in [6, 6.07) is 9.17. The SMILES string of the molecule is CON=C(c1cc(C)on1)c1ccccc1CO. The van der Waals surface area contributed by atoms with E-state index in [1.54, 1.807) is 13.0 Å². The van der Waals surface area contributed by atoms with Crippen LogP contribution in [-0.4, -0.2) is 23.1 Å². The summed E-state index contributed by atoms with van der Waals surface area (Å²) >= 11 is 0. The van der Waals surface area contributed by atoms with Gasteiger partial charge in [0.05, 0.1) is 6.61 Å². The first-order valence-electron chi connectivity index (χ1n) is 5.50. The molecule has 0 unspecified atom stereocenters. The zero-order valence-electron chi connectivity index (χ0n) is 10.3. The molecule has 0 atom stereocenters. The van der Waals surface area contributed by atoms with Gasteiger partial charge in [0.15, 0.2) is 0 Å². The summed E-state index contributed by atoms with van der Waals surface area (Å²) in [5.74, 6) is 0.690. The summed E-state index contributed by atoms with van der Waals surface area (Å²) in [5.41, 5.74) is 2.65. The molecule has 18 heavy (non-hydrogen) atoms. The molecule has 0 radical (unpaired) electrons. The number of benzene rings is 1. The Morgan fingerprint density at radius 3 is 2.83 bits per heavy atom. The van der Waals surface area contributed by atoms with Crippen LogP contribution in [0.3, 0.4) is 0 Å². The topological polar surface area (TPSA) is 67.9 Å². The maximum absolute atomic E-state index is 9.35. The number of aromatic nitrogens is 1. The molecule has 0 amide bonds. The highest BCUT2D eigenvalue weighted by atomic mass is 16.6. The Labute approximate surface area is 105 Å². The molecule has 5 heteroatoms. The van der Waals surface area contributed by atoms with Crippen molar-refractivity contribution >= 4 is 5.71 Å². The Hall–Kier alpha value is -2.14. The molecular weight excluding hydrogens is 232 g/mol. The molecule has 1 aromatic heterocycles. The molecule has 0 aliphatic carbocycles. The maximum Gasteiger partial charge on any atom is 0.139 e. The largest absolute Gasteiger partial charge is 0.399 e. The maximum atomic E-state index is 9.35. The Balaban J connectivity index is 2.52. The highest BCUT2D eigenvalue weighted by Gasteiger charge is 2.15. The zero-order valence-corrected chi connectivity index (χ0v) is 10.3. The summed E-state index contributed by atoms with van der Waals surface area (Å²) in [5, 5.41) is 17.2. The standard InChI is InChI=1S/C13H14N2O3/c1-9-7-12(14-18-9)13(15-17-2)11-6-4-3-5-10(11)8-16/h3-7,16H,8H2,1-2H3. The Kier molecular flexibility index (Phi) is 3.74. The second-order valence-electron chi connectivity index (χ2n) is 3.76. The predicted molar refractivity (Wildman–Crippen MR) is 66.3 cm³/mol. The molecule has 0 saturated heterocycles. The van der Waals surface area contributed by atoms with Crippen LogP contribution in [0.4, 0.5) is 0 Å². The first kappa shape index (κ1) is 12.3. The van der Waals surface area contributed by atoms with Gasteiger partial charge in [-0.1, -0.05) is 34.6 Å². The van der Waals surface area contributed by atoms with E-state index < -0.39 is 0 Å². The van der Waals surface area contributed by atoms with Gasteiger partial charge in [-0.3, -0.25) is 0 Å². The molecule has 0 aliphatic heterocycles. The van der Waals surface area contributed by atoms with Crippen molar-refractivity contribution in [2.75, 3.05) is 7.11 Å². The fraction of sp³-hybridized carbons (Fsp3) is 0.231. The third kappa shape index (κ3) is 2.41. The lowest BCUT2D eigenvalue weighted by Gasteiger charge is -2.07. The number of nitrogens with zero attached hydrogens (tertiary/aromatic N) is 2. The van der Waals surface area contributed by atoms with Gasteiger partial charge >= 0.3 is 0 Å². The molecule has 0 fully saturated rings. The van der Waals surface area contributed by atoms with Crippen LogP contribution in [-0.2, 0) is 11.4 Å². The van der Waals surface area contributed by atoms with Crippen molar-refractivity contribution in [1.82, 2.24) is 5.16 Å². The molecule has 5 nitrogen and oxygen atoms in total. The molecule has 1 aromatic carbocycles. The van der Waals surface area contributed by atoms with Crippen LogP contribution in [0.5, 0.6) is 0 Å². The van der Waals surface area contributed by atoms with Crippen molar-refractivity contribution in [3.05, 3.63) is 52.9 Å². The molecule has 1 N–H and O–H groups in total. The normalized spacial score (nSPS) is 11.6. The minimum atomic E-state index is -0.0737. The van der Waals surface area contributed by atoms with Gasteiger partial charge < -0.3 is 14.5 Å². The van der Waals surface area contributed by atoms with E-state index in [2.05, 4.69) is 10.3 Å². The third-order valence-electron chi connectivity index (χ3n) is 2.50. The third-order valence-corrected chi connectivity index (χ3v) is 2.50. The molecule has 0 aliphatic rings. The van der Waals surface area contributed by atoms with Gasteiger partial charge in [-0.05, 0) is 12.5 Å². The van der Waals surface area contributed by atoms with Crippen molar-refractivity contribution in [3.8, 4) is 0 Å². The zero-order chi connectivity index (χ0) is 13.0. The van der Waals surface area contributed by atoms with Crippen molar-refractivity contribution in [1.29, 1.82) is 0 Å². The van der Waals surface area contributed by atoms with Crippen molar-refractivity contribution in [2.24, 2.45) is 5.16 Å². The first-order chi connectivity index (χ1) is 8.76. The fourth-order valence-electron chi connectivity index (χ4n) is 1.69. The van der Waals surface area contributed by atoms with E-state index >= 15 is 0 Å². The molecule has 0 bridgehead atoms. The first-order valence-corrected chi connectivity index (χ1v) is 5.50. The quantitative estimate of drug-likeness (QED) is 0.660. The highest BCUT2D eigenvalue weighted by molar-refractivity contribution is 6.12. The van der Waals surface area contributed by atoms with Gasteiger partial charge in [-0.15, -0.1) is 0 Å². The van der Waals surface area contributed by atoms with Gasteiger partial charge in [0.2, 0.25) is 0 Å². The molecule has 94 valence electrons. The fourth-order valence-corrected chi connectivity index (χ4v) is 1.69. The molecule has 0 saturated carbocycles. The van der Waals surface area contributed by atoms with Crippen LogP contribution in [0.1, 0.15) is 22.6 Å². The van der Waals surface area contributed by atoms with Crippen LogP contribution in [0.25, 0.3) is 0 Å². The number of hydrogen-bond donors (Lipinski definition) is 1. The smallest absolute Gasteiger partial charge is 0.139 e. The van der Waals surface area contributed by atoms with E-state index in [-0.39, 0.29) is 6.61 Å². The average molecular weight is 246 g/mol. The molecule has 1 heterocycles. The van der Waals surface area contributed by atoms with Gasteiger partial charge in [-0.25, -0.2) is 0 Å². The van der Waals surface area contributed by atoms with Crippen LogP contribution >= 0.6 is 0 Å². The number of rotatable bonds is 4. The van der Waals surface area contributed by atoms with E-state index in [0.29, 0.717) is 17.2 Å². The van der Waals surface area contributed by atoms with Crippen LogP contribution in [0, 0.1) is 6.92 Å². The van der Waals surface area contributed by atoms with E-state index in [1.807, 2.05) is 24.3 Å². The average Bonchev–Trinajstić information content (AvgIpc) is 2.82. The van der Waals surface area contributed by atoms with Gasteiger partial charge in [0.1, 0.15) is 24.3 Å². The lowest BCUT2D eigenvalue weighted by atomic mass is 10.0. The summed E-state index contributed by atoms with van der Waals surface area (Å²) in [4.78, 5) is 4.85. The van der Waals surface area contributed by atoms with Crippen molar-refractivity contribution in [2.45, 2.75) is 13.5 Å². The number of aliphatic hydroxyl groups is 1. The van der Waals surface area contributed by atoms with Gasteiger partial charge in [0.25, 0.3) is 0 Å². The Bertz CT molecular complexity index is 561. The number of aliphatic hydroxyl groups excluding tert-OH is 1. The van der Waals surface area contributed by atoms with E-state index in [4.69, 9.17) is 9.36 Å². The van der Waals surface area contributed by atoms with Gasteiger partial charge in [0, 0.05) is 11.6 Å². The van der Waals surface area contributed by atoms with E-state index in [9.17, 15) is 5.11 Å². The summed E-state index contributed by atoms with van der Waals surface area (Å²) in [6.07, 6.45) is 0. The highest BCUT2D eigenvalue weighted by Crippen LogP contribution is 2.16. The van der Waals surface area contributed by atoms with Crippen LogP contribution in [0.2, 0.25) is 0 Å².